The monoisotopic (exact) mass is 399 g/mol. The van der Waals surface area contributed by atoms with Crippen LogP contribution in [0.4, 0.5) is 0 Å². The molecule has 0 spiro atoms. The van der Waals surface area contributed by atoms with E-state index in [-0.39, 0.29) is 37.2 Å². The Kier molecular flexibility index (Phi) is 5.93. The number of aromatic amines is 1. The molecule has 1 heterocycles. The summed E-state index contributed by atoms with van der Waals surface area (Å²) in [5.74, 6) is 0. The van der Waals surface area contributed by atoms with Gasteiger partial charge in [-0.3, -0.25) is 0 Å². The number of rotatable bonds is 0. The Morgan fingerprint density at radius 3 is 2.45 bits per heavy atom. The molecule has 20 heavy (non-hydrogen) atoms. The van der Waals surface area contributed by atoms with Crippen LogP contribution in [0.3, 0.4) is 0 Å². The standard InChI is InChI=1S/C15H10N.3ClH.Zr/c1-2-6-11-10(5-1)9-13-12-7-3-4-8-14(12)16-15(11)13;;;;/h1-6,8,16H,9H2;3*1H;/q;;;;+3/p-3. The minimum absolute atomic E-state index is 0. The Morgan fingerprint density at radius 1 is 0.900 bits per heavy atom. The fraction of sp³-hybridized carbons (Fsp3) is 0.0667. The van der Waals surface area contributed by atoms with Crippen LogP contribution in [-0.4, -0.2) is 4.98 Å². The van der Waals surface area contributed by atoms with Crippen LogP contribution in [0.15, 0.2) is 42.5 Å². The predicted molar refractivity (Wildman–Crippen MR) is 66.2 cm³/mol. The second-order valence-corrected chi connectivity index (χ2v) is 5.86. The molecule has 2 aromatic carbocycles. The molecule has 5 heteroatoms. The minimum atomic E-state index is 0. The summed E-state index contributed by atoms with van der Waals surface area (Å²) in [5, 5.41) is 1.46. The molecule has 0 fully saturated rings. The molecule has 1 nitrogen and oxygen atoms in total. The summed E-state index contributed by atoms with van der Waals surface area (Å²) >= 11 is 1.49. The summed E-state index contributed by atoms with van der Waals surface area (Å²) in [5.41, 5.74) is 6.96. The molecule has 0 radical (unpaired) electrons. The number of hydrogen-bond donors (Lipinski definition) is 1. The van der Waals surface area contributed by atoms with Crippen molar-refractivity contribution in [2.45, 2.75) is 6.42 Å². The Labute approximate surface area is 151 Å². The summed E-state index contributed by atoms with van der Waals surface area (Å²) in [7, 11) is 0. The van der Waals surface area contributed by atoms with E-state index in [0.29, 0.717) is 0 Å². The molecule has 1 N–H and O–H groups in total. The van der Waals surface area contributed by atoms with Gasteiger partial charge >= 0.3 is 115 Å². The summed E-state index contributed by atoms with van der Waals surface area (Å²) in [6, 6.07) is 15.3. The number of nitrogens with one attached hydrogen (secondary N) is 1. The molecule has 0 amide bonds. The molecule has 3 aromatic rings. The van der Waals surface area contributed by atoms with E-state index in [1.54, 1.807) is 0 Å². The molecule has 0 atom stereocenters. The molecule has 1 aliphatic carbocycles. The van der Waals surface area contributed by atoms with Crippen LogP contribution in [0.5, 0.6) is 0 Å². The van der Waals surface area contributed by atoms with Crippen LogP contribution in [0, 0.1) is 0 Å². The quantitative estimate of drug-likeness (QED) is 0.302. The Balaban J connectivity index is 0.000000667. The molecular weight excluding hydrogens is 392 g/mol. The zero-order valence-electron chi connectivity index (χ0n) is 10.4. The van der Waals surface area contributed by atoms with Gasteiger partial charge < -0.3 is 37.2 Å². The summed E-state index contributed by atoms with van der Waals surface area (Å²) < 4.78 is 1.46. The number of aromatic nitrogens is 1. The van der Waals surface area contributed by atoms with E-state index in [1.165, 1.54) is 61.3 Å². The molecule has 0 saturated heterocycles. The van der Waals surface area contributed by atoms with E-state index < -0.39 is 0 Å². The zero-order valence-corrected chi connectivity index (χ0v) is 15.1. The normalized spacial score (nSPS) is 10.9. The second kappa shape index (κ2) is 6.66. The van der Waals surface area contributed by atoms with E-state index in [2.05, 4.69) is 47.4 Å². The molecule has 0 unspecified atom stereocenters. The van der Waals surface area contributed by atoms with Gasteiger partial charge in [0.15, 0.2) is 0 Å². The van der Waals surface area contributed by atoms with Crippen LogP contribution in [-0.2, 0) is 31.1 Å². The fourth-order valence-corrected chi connectivity index (χ4v) is 3.77. The second-order valence-electron chi connectivity index (χ2n) is 4.54. The predicted octanol–water partition coefficient (Wildman–Crippen LogP) is -6.08. The Hall–Kier alpha value is -0.267. The van der Waals surface area contributed by atoms with Gasteiger partial charge in [0.2, 0.25) is 0 Å². The van der Waals surface area contributed by atoms with Crippen molar-refractivity contribution in [2.24, 2.45) is 0 Å². The van der Waals surface area contributed by atoms with Crippen molar-refractivity contribution in [3.8, 4) is 11.3 Å². The van der Waals surface area contributed by atoms with Crippen molar-refractivity contribution in [1.82, 2.24) is 4.98 Å². The average Bonchev–Trinajstić information content (AvgIpc) is 2.85. The number of benzene rings is 2. The molecule has 0 bridgehead atoms. The third-order valence-electron chi connectivity index (χ3n) is 3.58. The van der Waals surface area contributed by atoms with E-state index >= 15 is 0 Å². The number of H-pyrrole nitrogens is 1. The third-order valence-corrected chi connectivity index (χ3v) is 4.61. The number of halogens is 3. The Morgan fingerprint density at radius 2 is 1.65 bits per heavy atom. The van der Waals surface area contributed by atoms with Crippen molar-refractivity contribution < 1.29 is 61.9 Å². The van der Waals surface area contributed by atoms with Crippen LogP contribution in [0.25, 0.3) is 22.2 Å². The first-order valence-electron chi connectivity index (χ1n) is 5.78. The van der Waals surface area contributed by atoms with Gasteiger partial charge in [-0.2, -0.15) is 0 Å². The summed E-state index contributed by atoms with van der Waals surface area (Å²) in [6.45, 7) is 0. The summed E-state index contributed by atoms with van der Waals surface area (Å²) in [4.78, 5) is 3.59. The van der Waals surface area contributed by atoms with Crippen LogP contribution >= 0.6 is 0 Å². The SMILES string of the molecule is [Cl-].[Cl-].[Cl-].[Zr+3][c]1cccc2[nH]c3c(c12)Cc1ccccc1-3. The van der Waals surface area contributed by atoms with Crippen molar-refractivity contribution in [3.63, 3.8) is 0 Å². The van der Waals surface area contributed by atoms with Crippen molar-refractivity contribution >= 4 is 14.2 Å². The van der Waals surface area contributed by atoms with Gasteiger partial charge in [0, 0.05) is 0 Å². The van der Waals surface area contributed by atoms with E-state index in [0.717, 1.165) is 6.42 Å². The Bertz CT molecular complexity index is 752. The van der Waals surface area contributed by atoms with Gasteiger partial charge in [-0.1, -0.05) is 0 Å². The van der Waals surface area contributed by atoms with E-state index in [4.69, 9.17) is 0 Å². The van der Waals surface area contributed by atoms with Crippen LogP contribution in [0.1, 0.15) is 11.1 Å². The third kappa shape index (κ3) is 2.48. The first-order chi connectivity index (χ1) is 8.34. The van der Waals surface area contributed by atoms with E-state index in [1.807, 2.05) is 0 Å². The fourth-order valence-electron chi connectivity index (χ4n) is 2.83. The maximum absolute atomic E-state index is 3.59. The van der Waals surface area contributed by atoms with Gasteiger partial charge in [-0.15, -0.1) is 0 Å². The number of fused-ring (bicyclic) bond motifs is 5. The maximum atomic E-state index is 3.59. The van der Waals surface area contributed by atoms with Gasteiger partial charge in [0.05, 0.1) is 0 Å². The first kappa shape index (κ1) is 17.8. The molecule has 4 rings (SSSR count). The van der Waals surface area contributed by atoms with E-state index in [9.17, 15) is 0 Å². The zero-order chi connectivity index (χ0) is 11.4. The molecule has 100 valence electrons. The molecule has 0 aliphatic heterocycles. The number of hydrogen-bond acceptors (Lipinski definition) is 0. The van der Waals surface area contributed by atoms with Gasteiger partial charge in [0.1, 0.15) is 0 Å². The molecule has 1 aromatic heterocycles. The van der Waals surface area contributed by atoms with Gasteiger partial charge in [-0.25, -0.2) is 0 Å². The summed E-state index contributed by atoms with van der Waals surface area (Å²) in [6.07, 6.45) is 1.08. The van der Waals surface area contributed by atoms with Crippen LogP contribution in [0.2, 0.25) is 0 Å². The van der Waals surface area contributed by atoms with Crippen molar-refractivity contribution in [2.75, 3.05) is 0 Å². The van der Waals surface area contributed by atoms with Gasteiger partial charge in [0.25, 0.3) is 0 Å². The molecule has 1 aliphatic rings. The average molecular weight is 402 g/mol. The topological polar surface area (TPSA) is 15.8 Å². The first-order valence-corrected chi connectivity index (χ1v) is 7.01. The van der Waals surface area contributed by atoms with Gasteiger partial charge in [-0.05, 0) is 0 Å². The van der Waals surface area contributed by atoms with Crippen molar-refractivity contribution in [1.29, 1.82) is 0 Å². The van der Waals surface area contributed by atoms with Crippen molar-refractivity contribution in [3.05, 3.63) is 53.6 Å². The van der Waals surface area contributed by atoms with Crippen LogP contribution < -0.4 is 40.5 Å². The molecule has 0 saturated carbocycles. The molecular formula is C15H10Cl3NZr.